The maximum Gasteiger partial charge on any atom is 0.249 e. The van der Waals surface area contributed by atoms with Gasteiger partial charge in [0, 0.05) is 19.6 Å². The molecule has 0 saturated carbocycles. The van der Waals surface area contributed by atoms with Gasteiger partial charge in [-0.15, -0.1) is 0 Å². The summed E-state index contributed by atoms with van der Waals surface area (Å²) >= 11 is 0. The number of carbonyl (C=O) groups excluding carboxylic acids is 1. The predicted molar refractivity (Wildman–Crippen MR) is 42.2 cm³/mol. The summed E-state index contributed by atoms with van der Waals surface area (Å²) in [5.41, 5.74) is 3.25. The Hall–Kier alpha value is -0.650. The minimum atomic E-state index is -1.67. The van der Waals surface area contributed by atoms with Crippen molar-refractivity contribution in [1.29, 1.82) is 0 Å². The molecule has 72 valence electrons. The van der Waals surface area contributed by atoms with E-state index in [2.05, 4.69) is 0 Å². The van der Waals surface area contributed by atoms with Crippen LogP contribution in [0.1, 0.15) is 19.3 Å². The van der Waals surface area contributed by atoms with Crippen LogP contribution >= 0.6 is 0 Å². The first-order valence-electron chi connectivity index (χ1n) is 3.81. The average Bonchev–Trinajstić information content (AvgIpc) is 2.01. The van der Waals surface area contributed by atoms with Gasteiger partial charge in [0.2, 0.25) is 5.91 Å². The number of hydrogen-bond donors (Lipinski definition) is 4. The van der Waals surface area contributed by atoms with E-state index in [4.69, 9.17) is 15.9 Å². The Bertz CT molecular complexity index is 150. The summed E-state index contributed by atoms with van der Waals surface area (Å²) in [4.78, 5) is 10.7. The minimum absolute atomic E-state index is 0.0810. The van der Waals surface area contributed by atoms with Crippen LogP contribution < -0.4 is 5.73 Å². The summed E-state index contributed by atoms with van der Waals surface area (Å²) in [5, 5.41) is 26.4. The van der Waals surface area contributed by atoms with E-state index in [1.54, 1.807) is 0 Å². The van der Waals surface area contributed by atoms with Gasteiger partial charge >= 0.3 is 0 Å². The van der Waals surface area contributed by atoms with E-state index in [1.807, 2.05) is 0 Å². The summed E-state index contributed by atoms with van der Waals surface area (Å²) in [6.45, 7) is -0.411. The van der Waals surface area contributed by atoms with Crippen LogP contribution in [-0.2, 0) is 4.79 Å². The van der Waals surface area contributed by atoms with Crippen LogP contribution in [-0.4, -0.2) is 40.0 Å². The highest BCUT2D eigenvalue weighted by Crippen LogP contribution is 2.16. The first-order valence-corrected chi connectivity index (χ1v) is 3.81. The molecule has 5 N–H and O–H groups in total. The first-order chi connectivity index (χ1) is 5.56. The second kappa shape index (κ2) is 5.08. The quantitative estimate of drug-likeness (QED) is 0.390. The minimum Gasteiger partial charge on any atom is -0.396 e. The second-order valence-corrected chi connectivity index (χ2v) is 2.70. The van der Waals surface area contributed by atoms with E-state index in [9.17, 15) is 9.90 Å². The summed E-state index contributed by atoms with van der Waals surface area (Å²) in [6, 6.07) is 0. The number of hydrogen-bond acceptors (Lipinski definition) is 4. The van der Waals surface area contributed by atoms with E-state index < -0.39 is 11.5 Å². The van der Waals surface area contributed by atoms with Crippen molar-refractivity contribution >= 4 is 5.91 Å². The van der Waals surface area contributed by atoms with Crippen LogP contribution in [0.15, 0.2) is 0 Å². The molecule has 0 radical (unpaired) electrons. The van der Waals surface area contributed by atoms with Crippen molar-refractivity contribution in [2.75, 3.05) is 13.2 Å². The molecule has 0 rings (SSSR count). The predicted octanol–water partition coefficient (Wildman–Crippen LogP) is -1.64. The second-order valence-electron chi connectivity index (χ2n) is 2.70. The molecule has 1 amide bonds. The van der Waals surface area contributed by atoms with Crippen molar-refractivity contribution in [2.24, 2.45) is 5.73 Å². The van der Waals surface area contributed by atoms with Crippen LogP contribution in [0.2, 0.25) is 0 Å². The number of aliphatic hydroxyl groups is 3. The standard InChI is InChI=1S/C7H15NO4/c8-6(11)7(12,3-5-10)2-1-4-9/h9-10,12H,1-5H2,(H2,8,11). The van der Waals surface area contributed by atoms with Crippen LogP contribution in [0.25, 0.3) is 0 Å². The van der Waals surface area contributed by atoms with Crippen molar-refractivity contribution in [3.8, 4) is 0 Å². The Morgan fingerprint density at radius 1 is 1.25 bits per heavy atom. The highest BCUT2D eigenvalue weighted by atomic mass is 16.3. The molecule has 1 atom stereocenters. The number of nitrogens with two attached hydrogens (primary N) is 1. The Morgan fingerprint density at radius 3 is 2.17 bits per heavy atom. The molecule has 0 saturated heterocycles. The lowest BCUT2D eigenvalue weighted by atomic mass is 9.93. The summed E-state index contributed by atoms with van der Waals surface area (Å²) in [6.07, 6.45) is 0.293. The van der Waals surface area contributed by atoms with E-state index in [0.717, 1.165) is 0 Å². The third-order valence-corrected chi connectivity index (χ3v) is 1.73. The summed E-state index contributed by atoms with van der Waals surface area (Å²) in [5.74, 6) is -0.856. The van der Waals surface area contributed by atoms with E-state index in [-0.39, 0.29) is 26.1 Å². The van der Waals surface area contributed by atoms with E-state index in [0.29, 0.717) is 6.42 Å². The molecule has 0 aliphatic heterocycles. The van der Waals surface area contributed by atoms with Gasteiger partial charge < -0.3 is 21.1 Å². The lowest BCUT2D eigenvalue weighted by Gasteiger charge is -2.22. The smallest absolute Gasteiger partial charge is 0.249 e. The fourth-order valence-corrected chi connectivity index (χ4v) is 0.928. The summed E-state index contributed by atoms with van der Waals surface area (Å²) in [7, 11) is 0. The molecular weight excluding hydrogens is 162 g/mol. The van der Waals surface area contributed by atoms with Gasteiger partial charge in [-0.2, -0.15) is 0 Å². The first kappa shape index (κ1) is 11.4. The lowest BCUT2D eigenvalue weighted by molar-refractivity contribution is -0.138. The fourth-order valence-electron chi connectivity index (χ4n) is 0.928. The molecular formula is C7H15NO4. The molecule has 0 aliphatic carbocycles. The molecule has 12 heavy (non-hydrogen) atoms. The number of rotatable bonds is 6. The van der Waals surface area contributed by atoms with Crippen molar-refractivity contribution in [3.05, 3.63) is 0 Å². The summed E-state index contributed by atoms with van der Waals surface area (Å²) < 4.78 is 0. The topological polar surface area (TPSA) is 104 Å². The molecule has 0 aromatic carbocycles. The molecule has 0 spiro atoms. The molecule has 0 bridgehead atoms. The zero-order valence-corrected chi connectivity index (χ0v) is 6.86. The molecule has 0 aliphatic rings. The molecule has 0 aromatic rings. The normalized spacial score (nSPS) is 15.6. The Morgan fingerprint density at radius 2 is 1.83 bits per heavy atom. The van der Waals surface area contributed by atoms with Gasteiger partial charge in [0.1, 0.15) is 5.60 Å². The number of carbonyl (C=O) groups is 1. The van der Waals surface area contributed by atoms with Gasteiger partial charge in [0.05, 0.1) is 0 Å². The molecule has 0 heterocycles. The average molecular weight is 177 g/mol. The van der Waals surface area contributed by atoms with Crippen LogP contribution in [0.4, 0.5) is 0 Å². The van der Waals surface area contributed by atoms with E-state index in [1.165, 1.54) is 0 Å². The fraction of sp³-hybridized carbons (Fsp3) is 0.857. The van der Waals surface area contributed by atoms with E-state index >= 15 is 0 Å². The van der Waals surface area contributed by atoms with Gasteiger partial charge in [-0.25, -0.2) is 0 Å². The molecule has 5 heteroatoms. The molecule has 1 unspecified atom stereocenters. The number of primary amides is 1. The van der Waals surface area contributed by atoms with Crippen LogP contribution in [0.3, 0.4) is 0 Å². The largest absolute Gasteiger partial charge is 0.396 e. The van der Waals surface area contributed by atoms with Crippen molar-refractivity contribution in [1.82, 2.24) is 0 Å². The molecule has 0 fully saturated rings. The lowest BCUT2D eigenvalue weighted by Crippen LogP contribution is -2.44. The SMILES string of the molecule is NC(=O)C(O)(CCO)CCCO. The van der Waals surface area contributed by atoms with Gasteiger partial charge in [-0.05, 0) is 12.8 Å². The zero-order chi connectivity index (χ0) is 9.61. The maximum atomic E-state index is 10.7. The van der Waals surface area contributed by atoms with Gasteiger partial charge in [-0.3, -0.25) is 4.79 Å². The highest BCUT2D eigenvalue weighted by molar-refractivity contribution is 5.83. The Kier molecular flexibility index (Phi) is 4.80. The van der Waals surface area contributed by atoms with Crippen LogP contribution in [0.5, 0.6) is 0 Å². The third-order valence-electron chi connectivity index (χ3n) is 1.73. The van der Waals surface area contributed by atoms with Gasteiger partial charge in [0.25, 0.3) is 0 Å². The van der Waals surface area contributed by atoms with Crippen molar-refractivity contribution < 1.29 is 20.1 Å². The van der Waals surface area contributed by atoms with Gasteiger partial charge in [0.15, 0.2) is 0 Å². The molecule has 0 aromatic heterocycles. The maximum absolute atomic E-state index is 10.7. The van der Waals surface area contributed by atoms with Crippen LogP contribution in [0, 0.1) is 0 Å². The number of aliphatic hydroxyl groups excluding tert-OH is 2. The van der Waals surface area contributed by atoms with Crippen molar-refractivity contribution in [3.63, 3.8) is 0 Å². The zero-order valence-electron chi connectivity index (χ0n) is 6.86. The third kappa shape index (κ3) is 3.17. The molecule has 5 nitrogen and oxygen atoms in total. The number of amides is 1. The highest BCUT2D eigenvalue weighted by Gasteiger charge is 2.32. The monoisotopic (exact) mass is 177 g/mol. The van der Waals surface area contributed by atoms with Crippen molar-refractivity contribution in [2.45, 2.75) is 24.9 Å². The Labute approximate surface area is 70.8 Å². The Balaban J connectivity index is 4.08. The van der Waals surface area contributed by atoms with Gasteiger partial charge in [-0.1, -0.05) is 0 Å².